The fourth-order valence-electron chi connectivity index (χ4n) is 3.57. The molecule has 1 atom stereocenters. The van der Waals surface area contributed by atoms with E-state index >= 15 is 0 Å². The van der Waals surface area contributed by atoms with Crippen LogP contribution >= 0.6 is 0 Å². The van der Waals surface area contributed by atoms with Crippen LogP contribution in [0.1, 0.15) is 45.1 Å². The van der Waals surface area contributed by atoms with Gasteiger partial charge in [-0.2, -0.15) is 0 Å². The second kappa shape index (κ2) is 7.08. The van der Waals surface area contributed by atoms with Gasteiger partial charge in [0.1, 0.15) is 0 Å². The molecule has 1 heterocycles. The van der Waals surface area contributed by atoms with Crippen molar-refractivity contribution in [1.82, 2.24) is 4.90 Å². The number of hydrogen-bond acceptors (Lipinski definition) is 2. The molecule has 1 fully saturated rings. The minimum absolute atomic E-state index is 0.194. The van der Waals surface area contributed by atoms with E-state index in [1.807, 2.05) is 30.3 Å². The van der Waals surface area contributed by atoms with E-state index in [-0.39, 0.29) is 11.8 Å². The Morgan fingerprint density at radius 3 is 2.33 bits per heavy atom. The zero-order valence-corrected chi connectivity index (χ0v) is 13.3. The van der Waals surface area contributed by atoms with Crippen molar-refractivity contribution in [1.29, 1.82) is 0 Å². The first-order valence-electron chi connectivity index (χ1n) is 8.15. The molecule has 1 aliphatic rings. The standard InChI is InChI=1S/C18H28N2O/c1-15(2)18(17(19)21,16-9-5-3-6-10-16)11-14-20-12-7-4-8-13-20/h3,5-6,9-10,15H,4,7-8,11-14H2,1-2H3,(H2,19,21)/t18-/m0/s1. The molecule has 0 spiro atoms. The molecule has 0 unspecified atom stereocenters. The summed E-state index contributed by atoms with van der Waals surface area (Å²) in [5.74, 6) is 0.00269. The third-order valence-electron chi connectivity index (χ3n) is 4.99. The molecule has 2 rings (SSSR count). The summed E-state index contributed by atoms with van der Waals surface area (Å²) < 4.78 is 0. The van der Waals surface area contributed by atoms with Gasteiger partial charge in [-0.05, 0) is 50.4 Å². The zero-order chi connectivity index (χ0) is 15.3. The number of nitrogens with two attached hydrogens (primary N) is 1. The molecule has 2 N–H and O–H groups in total. The van der Waals surface area contributed by atoms with Crippen molar-refractivity contribution >= 4 is 5.91 Å². The second-order valence-electron chi connectivity index (χ2n) is 6.51. The highest BCUT2D eigenvalue weighted by Crippen LogP contribution is 2.36. The van der Waals surface area contributed by atoms with E-state index in [2.05, 4.69) is 18.7 Å². The number of primary amides is 1. The largest absolute Gasteiger partial charge is 0.369 e. The number of amides is 1. The highest BCUT2D eigenvalue weighted by Gasteiger charge is 2.41. The molecular formula is C18H28N2O. The molecule has 116 valence electrons. The van der Waals surface area contributed by atoms with E-state index in [4.69, 9.17) is 5.73 Å². The van der Waals surface area contributed by atoms with E-state index < -0.39 is 5.41 Å². The number of likely N-dealkylation sites (tertiary alicyclic amines) is 1. The fourth-order valence-corrected chi connectivity index (χ4v) is 3.57. The molecular weight excluding hydrogens is 260 g/mol. The first-order chi connectivity index (χ1) is 10.1. The summed E-state index contributed by atoms with van der Waals surface area (Å²) in [6, 6.07) is 10.1. The Morgan fingerprint density at radius 2 is 1.81 bits per heavy atom. The molecule has 0 aromatic heterocycles. The summed E-state index contributed by atoms with van der Waals surface area (Å²) in [5.41, 5.74) is 6.37. The van der Waals surface area contributed by atoms with Crippen molar-refractivity contribution in [2.45, 2.75) is 44.9 Å². The number of rotatable bonds is 6. The lowest BCUT2D eigenvalue weighted by Crippen LogP contribution is -2.48. The molecule has 1 saturated heterocycles. The van der Waals surface area contributed by atoms with Crippen LogP contribution in [0, 0.1) is 5.92 Å². The van der Waals surface area contributed by atoms with E-state index in [1.165, 1.54) is 19.3 Å². The summed E-state index contributed by atoms with van der Waals surface area (Å²) >= 11 is 0. The van der Waals surface area contributed by atoms with Crippen LogP contribution in [0.4, 0.5) is 0 Å². The topological polar surface area (TPSA) is 46.3 Å². The van der Waals surface area contributed by atoms with E-state index in [1.54, 1.807) is 0 Å². The molecule has 3 heteroatoms. The van der Waals surface area contributed by atoms with Crippen molar-refractivity contribution in [3.05, 3.63) is 35.9 Å². The maximum atomic E-state index is 12.3. The van der Waals surface area contributed by atoms with Gasteiger partial charge in [0.05, 0.1) is 5.41 Å². The van der Waals surface area contributed by atoms with Gasteiger partial charge in [-0.1, -0.05) is 50.6 Å². The molecule has 1 amide bonds. The van der Waals surface area contributed by atoms with Crippen LogP contribution in [-0.2, 0) is 10.2 Å². The lowest BCUT2D eigenvalue weighted by atomic mass is 9.68. The van der Waals surface area contributed by atoms with Crippen molar-refractivity contribution in [2.24, 2.45) is 11.7 Å². The maximum absolute atomic E-state index is 12.3. The predicted molar refractivity (Wildman–Crippen MR) is 87.1 cm³/mol. The minimum Gasteiger partial charge on any atom is -0.369 e. The first-order valence-corrected chi connectivity index (χ1v) is 8.15. The summed E-state index contributed by atoms with van der Waals surface area (Å²) in [5, 5.41) is 0. The highest BCUT2D eigenvalue weighted by molar-refractivity contribution is 5.87. The van der Waals surface area contributed by atoms with Crippen LogP contribution < -0.4 is 5.73 Å². The van der Waals surface area contributed by atoms with Crippen LogP contribution in [0.2, 0.25) is 0 Å². The van der Waals surface area contributed by atoms with Gasteiger partial charge in [-0.3, -0.25) is 4.79 Å². The van der Waals surface area contributed by atoms with Gasteiger partial charge in [-0.25, -0.2) is 0 Å². The highest BCUT2D eigenvalue weighted by atomic mass is 16.1. The molecule has 21 heavy (non-hydrogen) atoms. The third kappa shape index (κ3) is 3.46. The Morgan fingerprint density at radius 1 is 1.19 bits per heavy atom. The Labute approximate surface area is 128 Å². The third-order valence-corrected chi connectivity index (χ3v) is 4.99. The quantitative estimate of drug-likeness (QED) is 0.875. The van der Waals surface area contributed by atoms with Crippen LogP contribution in [-0.4, -0.2) is 30.4 Å². The van der Waals surface area contributed by atoms with Crippen LogP contribution in [0.5, 0.6) is 0 Å². The monoisotopic (exact) mass is 288 g/mol. The van der Waals surface area contributed by atoms with Crippen LogP contribution in [0.3, 0.4) is 0 Å². The van der Waals surface area contributed by atoms with E-state index in [9.17, 15) is 4.79 Å². The van der Waals surface area contributed by atoms with Crippen molar-refractivity contribution < 1.29 is 4.79 Å². The summed E-state index contributed by atoms with van der Waals surface area (Å²) in [6.45, 7) is 7.47. The van der Waals surface area contributed by atoms with Gasteiger partial charge >= 0.3 is 0 Å². The number of benzene rings is 1. The Kier molecular flexibility index (Phi) is 5.40. The maximum Gasteiger partial charge on any atom is 0.228 e. The van der Waals surface area contributed by atoms with Crippen LogP contribution in [0.25, 0.3) is 0 Å². The molecule has 0 aliphatic carbocycles. The summed E-state index contributed by atoms with van der Waals surface area (Å²) in [7, 11) is 0. The fraction of sp³-hybridized carbons (Fsp3) is 0.611. The molecule has 0 radical (unpaired) electrons. The second-order valence-corrected chi connectivity index (χ2v) is 6.51. The van der Waals surface area contributed by atoms with Gasteiger partial charge < -0.3 is 10.6 Å². The molecule has 1 aromatic rings. The Hall–Kier alpha value is -1.35. The van der Waals surface area contributed by atoms with Crippen LogP contribution in [0.15, 0.2) is 30.3 Å². The van der Waals surface area contributed by atoms with Gasteiger partial charge in [0.15, 0.2) is 0 Å². The Balaban J connectivity index is 2.21. The SMILES string of the molecule is CC(C)[C@](CCN1CCCCC1)(C(N)=O)c1ccccc1. The van der Waals surface area contributed by atoms with Crippen molar-refractivity contribution in [2.75, 3.05) is 19.6 Å². The molecule has 0 saturated carbocycles. The van der Waals surface area contributed by atoms with Gasteiger partial charge in [0.2, 0.25) is 5.91 Å². The smallest absolute Gasteiger partial charge is 0.228 e. The zero-order valence-electron chi connectivity index (χ0n) is 13.3. The number of hydrogen-bond donors (Lipinski definition) is 1. The van der Waals surface area contributed by atoms with E-state index in [0.29, 0.717) is 0 Å². The van der Waals surface area contributed by atoms with E-state index in [0.717, 1.165) is 31.6 Å². The normalized spacial score (nSPS) is 19.4. The first kappa shape index (κ1) is 16.0. The average molecular weight is 288 g/mol. The Bertz CT molecular complexity index is 452. The molecule has 0 bridgehead atoms. The lowest BCUT2D eigenvalue weighted by Gasteiger charge is -2.38. The summed E-state index contributed by atoms with van der Waals surface area (Å²) in [4.78, 5) is 14.8. The van der Waals surface area contributed by atoms with Crippen molar-refractivity contribution in [3.8, 4) is 0 Å². The molecule has 3 nitrogen and oxygen atoms in total. The van der Waals surface area contributed by atoms with Gasteiger partial charge in [-0.15, -0.1) is 0 Å². The van der Waals surface area contributed by atoms with Crippen molar-refractivity contribution in [3.63, 3.8) is 0 Å². The molecule has 1 aliphatic heterocycles. The number of piperidine rings is 1. The summed E-state index contributed by atoms with van der Waals surface area (Å²) in [6.07, 6.45) is 4.69. The lowest BCUT2D eigenvalue weighted by molar-refractivity contribution is -0.125. The number of nitrogens with zero attached hydrogens (tertiary/aromatic N) is 1. The number of carbonyl (C=O) groups excluding carboxylic acids is 1. The number of carbonyl (C=O) groups is 1. The minimum atomic E-state index is -0.557. The van der Waals surface area contributed by atoms with Gasteiger partial charge in [0.25, 0.3) is 0 Å². The molecule has 1 aromatic carbocycles. The average Bonchev–Trinajstić information content (AvgIpc) is 2.49. The van der Waals surface area contributed by atoms with Gasteiger partial charge in [0, 0.05) is 0 Å². The predicted octanol–water partition coefficient (Wildman–Crippen LogP) is 2.94.